The second-order valence-electron chi connectivity index (χ2n) is 5.04. The van der Waals surface area contributed by atoms with Crippen LogP contribution in [0.4, 0.5) is 4.39 Å². The van der Waals surface area contributed by atoms with E-state index in [1.807, 2.05) is 6.07 Å². The van der Waals surface area contributed by atoms with Gasteiger partial charge in [-0.2, -0.15) is 0 Å². The van der Waals surface area contributed by atoms with Crippen LogP contribution in [-0.4, -0.2) is 26.1 Å². The Morgan fingerprint density at radius 1 is 1.32 bits per heavy atom. The lowest BCUT2D eigenvalue weighted by Gasteiger charge is -2.11. The summed E-state index contributed by atoms with van der Waals surface area (Å²) in [5.41, 5.74) is 1.00. The van der Waals surface area contributed by atoms with Crippen LogP contribution >= 0.6 is 0 Å². The molecule has 0 aliphatic heterocycles. The third kappa shape index (κ3) is 5.28. The van der Waals surface area contributed by atoms with Crippen molar-refractivity contribution in [3.63, 3.8) is 0 Å². The Hall–Kier alpha value is -1.58. The van der Waals surface area contributed by atoms with Crippen LogP contribution < -0.4 is 10.6 Å². The highest BCUT2D eigenvalue weighted by Crippen LogP contribution is 2.31. The summed E-state index contributed by atoms with van der Waals surface area (Å²) in [4.78, 5) is 4.17. The largest absolute Gasteiger partial charge is 0.356 e. The predicted molar refractivity (Wildman–Crippen MR) is 76.8 cm³/mol. The van der Waals surface area contributed by atoms with Crippen molar-refractivity contribution >= 4 is 5.96 Å². The molecule has 2 rings (SSSR count). The van der Waals surface area contributed by atoms with E-state index in [0.29, 0.717) is 0 Å². The Balaban J connectivity index is 1.64. The van der Waals surface area contributed by atoms with Crippen LogP contribution in [0.15, 0.2) is 29.3 Å². The highest BCUT2D eigenvalue weighted by molar-refractivity contribution is 5.79. The van der Waals surface area contributed by atoms with Gasteiger partial charge in [0.15, 0.2) is 5.96 Å². The summed E-state index contributed by atoms with van der Waals surface area (Å²) >= 11 is 0. The Bertz CT molecular complexity index is 427. The number of rotatable bonds is 6. The lowest BCUT2D eigenvalue weighted by atomic mass is 10.1. The summed E-state index contributed by atoms with van der Waals surface area (Å²) in [5.74, 6) is 1.58. The zero-order valence-electron chi connectivity index (χ0n) is 11.5. The molecule has 2 N–H and O–H groups in total. The van der Waals surface area contributed by atoms with Crippen LogP contribution in [0.25, 0.3) is 0 Å². The van der Waals surface area contributed by atoms with Crippen molar-refractivity contribution in [1.29, 1.82) is 0 Å². The average molecular weight is 263 g/mol. The minimum Gasteiger partial charge on any atom is -0.356 e. The summed E-state index contributed by atoms with van der Waals surface area (Å²) < 4.78 is 13.0. The molecule has 0 saturated heterocycles. The molecule has 0 heterocycles. The zero-order chi connectivity index (χ0) is 13.5. The summed E-state index contributed by atoms with van der Waals surface area (Å²) in [7, 11) is 1.77. The normalized spacial score (nSPS) is 15.4. The first-order valence-electron chi connectivity index (χ1n) is 6.97. The van der Waals surface area contributed by atoms with Gasteiger partial charge in [-0.25, -0.2) is 4.39 Å². The molecule has 0 bridgehead atoms. The number of halogens is 1. The lowest BCUT2D eigenvalue weighted by Crippen LogP contribution is -2.38. The SMILES string of the molecule is CN=C(NCCc1cccc(F)c1)NCCC1CC1. The maximum absolute atomic E-state index is 13.0. The van der Waals surface area contributed by atoms with E-state index in [9.17, 15) is 4.39 Å². The number of aliphatic imine (C=N–C) groups is 1. The number of hydrogen-bond donors (Lipinski definition) is 2. The minimum atomic E-state index is -0.176. The molecule has 1 aliphatic rings. The number of benzene rings is 1. The molecular weight excluding hydrogens is 241 g/mol. The first-order valence-corrected chi connectivity index (χ1v) is 6.97. The molecule has 0 spiro atoms. The molecule has 1 aromatic rings. The Morgan fingerprint density at radius 3 is 2.79 bits per heavy atom. The molecule has 0 amide bonds. The molecule has 3 nitrogen and oxygen atoms in total. The maximum atomic E-state index is 13.0. The van der Waals surface area contributed by atoms with Crippen molar-refractivity contribution < 1.29 is 4.39 Å². The summed E-state index contributed by atoms with van der Waals surface area (Å²) in [6.07, 6.45) is 4.78. The smallest absolute Gasteiger partial charge is 0.190 e. The first kappa shape index (κ1) is 13.8. The molecule has 0 aromatic heterocycles. The summed E-state index contributed by atoms with van der Waals surface area (Å²) in [6, 6.07) is 6.72. The van der Waals surface area contributed by atoms with Crippen LogP contribution in [0.3, 0.4) is 0 Å². The summed E-state index contributed by atoms with van der Waals surface area (Å²) in [5, 5.41) is 6.55. The van der Waals surface area contributed by atoms with Gasteiger partial charge in [0.2, 0.25) is 0 Å². The molecule has 0 unspecified atom stereocenters. The van der Waals surface area contributed by atoms with Gasteiger partial charge in [-0.3, -0.25) is 4.99 Å². The van der Waals surface area contributed by atoms with E-state index < -0.39 is 0 Å². The first-order chi connectivity index (χ1) is 9.28. The van der Waals surface area contributed by atoms with Crippen LogP contribution in [-0.2, 0) is 6.42 Å². The van der Waals surface area contributed by atoms with Gasteiger partial charge in [-0.05, 0) is 36.5 Å². The van der Waals surface area contributed by atoms with Gasteiger partial charge in [0.05, 0.1) is 0 Å². The van der Waals surface area contributed by atoms with E-state index in [-0.39, 0.29) is 5.82 Å². The van der Waals surface area contributed by atoms with Crippen molar-refractivity contribution in [2.24, 2.45) is 10.9 Å². The Morgan fingerprint density at radius 2 is 2.11 bits per heavy atom. The predicted octanol–water partition coefficient (Wildman–Crippen LogP) is 2.33. The fourth-order valence-corrected chi connectivity index (χ4v) is 2.04. The van der Waals surface area contributed by atoms with Gasteiger partial charge < -0.3 is 10.6 Å². The van der Waals surface area contributed by atoms with Crippen LogP contribution in [0.2, 0.25) is 0 Å². The van der Waals surface area contributed by atoms with E-state index in [4.69, 9.17) is 0 Å². The molecule has 1 fully saturated rings. The lowest BCUT2D eigenvalue weighted by molar-refractivity contribution is 0.625. The molecule has 4 heteroatoms. The molecule has 104 valence electrons. The van der Waals surface area contributed by atoms with Gasteiger partial charge in [-0.15, -0.1) is 0 Å². The van der Waals surface area contributed by atoms with E-state index in [0.717, 1.165) is 37.0 Å². The fourth-order valence-electron chi connectivity index (χ4n) is 2.04. The summed E-state index contributed by atoms with van der Waals surface area (Å²) in [6.45, 7) is 1.73. The van der Waals surface area contributed by atoms with E-state index in [1.54, 1.807) is 19.2 Å². The highest BCUT2D eigenvalue weighted by Gasteiger charge is 2.20. The van der Waals surface area contributed by atoms with Crippen molar-refractivity contribution in [2.45, 2.75) is 25.7 Å². The number of nitrogens with zero attached hydrogens (tertiary/aromatic N) is 1. The number of nitrogens with one attached hydrogen (secondary N) is 2. The molecule has 1 saturated carbocycles. The van der Waals surface area contributed by atoms with Crippen LogP contribution in [0.5, 0.6) is 0 Å². The van der Waals surface area contributed by atoms with Gasteiger partial charge in [0.25, 0.3) is 0 Å². The van der Waals surface area contributed by atoms with Crippen molar-refractivity contribution in [3.05, 3.63) is 35.6 Å². The zero-order valence-corrected chi connectivity index (χ0v) is 11.5. The monoisotopic (exact) mass is 263 g/mol. The standard InChI is InChI=1S/C15H22FN3/c1-17-15(18-9-7-12-5-6-12)19-10-8-13-3-2-4-14(16)11-13/h2-4,11-12H,5-10H2,1H3,(H2,17,18,19). The third-order valence-corrected chi connectivity index (χ3v) is 3.36. The minimum absolute atomic E-state index is 0.176. The molecule has 0 radical (unpaired) electrons. The maximum Gasteiger partial charge on any atom is 0.190 e. The quantitative estimate of drug-likeness (QED) is 0.610. The Labute approximate surface area is 114 Å². The van der Waals surface area contributed by atoms with Crippen molar-refractivity contribution in [2.75, 3.05) is 20.1 Å². The van der Waals surface area contributed by atoms with Crippen LogP contribution in [0.1, 0.15) is 24.8 Å². The van der Waals surface area contributed by atoms with Crippen molar-refractivity contribution in [1.82, 2.24) is 10.6 Å². The van der Waals surface area contributed by atoms with Gasteiger partial charge in [0, 0.05) is 20.1 Å². The fraction of sp³-hybridized carbons (Fsp3) is 0.533. The molecule has 0 atom stereocenters. The number of guanidine groups is 1. The molecule has 1 aromatic carbocycles. The average Bonchev–Trinajstić information content (AvgIpc) is 3.21. The third-order valence-electron chi connectivity index (χ3n) is 3.36. The van der Waals surface area contributed by atoms with Gasteiger partial charge in [-0.1, -0.05) is 25.0 Å². The van der Waals surface area contributed by atoms with Crippen molar-refractivity contribution in [3.8, 4) is 0 Å². The van der Waals surface area contributed by atoms with Gasteiger partial charge >= 0.3 is 0 Å². The Kier molecular flexibility index (Phi) is 5.19. The second kappa shape index (κ2) is 7.12. The number of hydrogen-bond acceptors (Lipinski definition) is 1. The van der Waals surface area contributed by atoms with Gasteiger partial charge in [0.1, 0.15) is 5.82 Å². The topological polar surface area (TPSA) is 36.4 Å². The van der Waals surface area contributed by atoms with Crippen LogP contribution in [0, 0.1) is 11.7 Å². The van der Waals surface area contributed by atoms with E-state index in [1.165, 1.54) is 25.3 Å². The van der Waals surface area contributed by atoms with E-state index >= 15 is 0 Å². The van der Waals surface area contributed by atoms with E-state index in [2.05, 4.69) is 15.6 Å². The molecular formula is C15H22FN3. The highest BCUT2D eigenvalue weighted by atomic mass is 19.1. The molecule has 1 aliphatic carbocycles. The molecule has 19 heavy (non-hydrogen) atoms. The second-order valence-corrected chi connectivity index (χ2v) is 5.04.